The van der Waals surface area contributed by atoms with Crippen molar-refractivity contribution >= 4 is 15.9 Å². The number of amides is 1. The predicted molar refractivity (Wildman–Crippen MR) is 69.5 cm³/mol. The third kappa shape index (κ3) is 5.79. The average Bonchev–Trinajstić information content (AvgIpc) is 2.36. The van der Waals surface area contributed by atoms with Crippen molar-refractivity contribution < 1.29 is 17.9 Å². The zero-order chi connectivity index (χ0) is 14.3. The number of benzene rings is 1. The van der Waals surface area contributed by atoms with Crippen LogP contribution >= 0.6 is 0 Å². The van der Waals surface area contributed by atoms with Gasteiger partial charge in [0.2, 0.25) is 15.9 Å². The first-order valence-corrected chi connectivity index (χ1v) is 7.14. The summed E-state index contributed by atoms with van der Waals surface area (Å²) in [7, 11) is -3.73. The summed E-state index contributed by atoms with van der Waals surface area (Å²) in [5.74, 6) is -0.297. The second-order valence-electron chi connectivity index (χ2n) is 3.81. The Bertz CT molecular complexity index is 530. The van der Waals surface area contributed by atoms with E-state index in [1.54, 1.807) is 12.1 Å². The van der Waals surface area contributed by atoms with Gasteiger partial charge in [0.15, 0.2) is 0 Å². The molecule has 0 aliphatic heterocycles. The standard InChI is InChI=1S/C11H17N3O4S/c12-4-5-18-8-11(15)14-7-9-2-1-3-10(6-9)19(13,16)17/h1-3,6H,4-5,7-8,12H2,(H,14,15)(H2,13,16,17). The van der Waals surface area contributed by atoms with E-state index in [0.717, 1.165) is 0 Å². The van der Waals surface area contributed by atoms with Crippen molar-refractivity contribution in [2.75, 3.05) is 19.8 Å². The van der Waals surface area contributed by atoms with E-state index in [1.807, 2.05) is 0 Å². The molecule has 0 spiro atoms. The molecule has 0 aliphatic rings. The van der Waals surface area contributed by atoms with Crippen LogP contribution in [0.2, 0.25) is 0 Å². The number of nitrogens with two attached hydrogens (primary N) is 2. The first-order chi connectivity index (χ1) is 8.93. The molecule has 106 valence electrons. The summed E-state index contributed by atoms with van der Waals surface area (Å²) in [6.45, 7) is 0.790. The van der Waals surface area contributed by atoms with Gasteiger partial charge in [-0.15, -0.1) is 0 Å². The van der Waals surface area contributed by atoms with E-state index in [4.69, 9.17) is 15.6 Å². The molecule has 1 aromatic carbocycles. The molecule has 5 N–H and O–H groups in total. The maximum Gasteiger partial charge on any atom is 0.246 e. The summed E-state index contributed by atoms with van der Waals surface area (Å²) in [4.78, 5) is 11.4. The minimum absolute atomic E-state index is 0.0126. The molecule has 8 heteroatoms. The summed E-state index contributed by atoms with van der Waals surface area (Å²) in [6, 6.07) is 6.06. The van der Waals surface area contributed by atoms with Gasteiger partial charge in [-0.3, -0.25) is 4.79 Å². The van der Waals surface area contributed by atoms with E-state index in [-0.39, 0.29) is 24.0 Å². The Hall–Kier alpha value is -1.48. The highest BCUT2D eigenvalue weighted by atomic mass is 32.2. The fourth-order valence-corrected chi connectivity index (χ4v) is 1.92. The van der Waals surface area contributed by atoms with Crippen molar-refractivity contribution in [1.29, 1.82) is 0 Å². The number of rotatable bonds is 7. The Balaban J connectivity index is 2.52. The van der Waals surface area contributed by atoms with Crippen LogP contribution in [0.25, 0.3) is 0 Å². The number of hydrogen-bond donors (Lipinski definition) is 3. The maximum absolute atomic E-state index is 11.4. The largest absolute Gasteiger partial charge is 0.370 e. The van der Waals surface area contributed by atoms with Crippen LogP contribution in [0, 0.1) is 0 Å². The second kappa shape index (κ2) is 7.19. The number of carbonyl (C=O) groups excluding carboxylic acids is 1. The number of primary sulfonamides is 1. The molecule has 0 fully saturated rings. The summed E-state index contributed by atoms with van der Waals surface area (Å²) in [5.41, 5.74) is 5.85. The van der Waals surface area contributed by atoms with E-state index < -0.39 is 10.0 Å². The fourth-order valence-electron chi connectivity index (χ4n) is 1.33. The average molecular weight is 287 g/mol. The van der Waals surface area contributed by atoms with E-state index in [1.165, 1.54) is 12.1 Å². The van der Waals surface area contributed by atoms with Gasteiger partial charge in [0.1, 0.15) is 6.61 Å². The number of nitrogens with one attached hydrogen (secondary N) is 1. The van der Waals surface area contributed by atoms with Crippen LogP contribution in [0.1, 0.15) is 5.56 Å². The predicted octanol–water partition coefficient (Wildman–Crippen LogP) is -1.07. The van der Waals surface area contributed by atoms with Crippen LogP contribution < -0.4 is 16.2 Å². The molecule has 19 heavy (non-hydrogen) atoms. The number of sulfonamides is 1. The third-order valence-corrected chi connectivity index (χ3v) is 3.12. The SMILES string of the molecule is NCCOCC(=O)NCc1cccc(S(N)(=O)=O)c1. The third-order valence-electron chi connectivity index (χ3n) is 2.21. The maximum atomic E-state index is 11.4. The molecule has 0 saturated carbocycles. The molecule has 0 aliphatic carbocycles. The molecule has 7 nitrogen and oxygen atoms in total. The van der Waals surface area contributed by atoms with Gasteiger partial charge in [0.05, 0.1) is 11.5 Å². The van der Waals surface area contributed by atoms with Gasteiger partial charge in [0.25, 0.3) is 0 Å². The lowest BCUT2D eigenvalue weighted by atomic mass is 10.2. The lowest BCUT2D eigenvalue weighted by Crippen LogP contribution is -2.28. The Morgan fingerprint density at radius 1 is 1.37 bits per heavy atom. The summed E-state index contributed by atoms with van der Waals surface area (Å²) in [5, 5.41) is 7.61. The number of ether oxygens (including phenoxy) is 1. The molecule has 0 saturated heterocycles. The van der Waals surface area contributed by atoms with Gasteiger partial charge in [-0.2, -0.15) is 0 Å². The molecule has 0 bridgehead atoms. The molecular formula is C11H17N3O4S. The molecule has 0 heterocycles. The van der Waals surface area contributed by atoms with Crippen molar-refractivity contribution in [2.24, 2.45) is 10.9 Å². The highest BCUT2D eigenvalue weighted by Gasteiger charge is 2.08. The summed E-state index contributed by atoms with van der Waals surface area (Å²) >= 11 is 0. The Labute approximate surface area is 112 Å². The Kier molecular flexibility index (Phi) is 5.90. The topological polar surface area (TPSA) is 125 Å². The van der Waals surface area contributed by atoms with Crippen molar-refractivity contribution in [1.82, 2.24) is 5.32 Å². The van der Waals surface area contributed by atoms with E-state index >= 15 is 0 Å². The molecule has 0 unspecified atom stereocenters. The minimum atomic E-state index is -3.73. The summed E-state index contributed by atoms with van der Waals surface area (Å²) in [6.07, 6.45) is 0. The smallest absolute Gasteiger partial charge is 0.246 e. The highest BCUT2D eigenvalue weighted by Crippen LogP contribution is 2.09. The summed E-state index contributed by atoms with van der Waals surface area (Å²) < 4.78 is 27.3. The van der Waals surface area contributed by atoms with E-state index in [9.17, 15) is 13.2 Å². The molecule has 0 aromatic heterocycles. The zero-order valence-corrected chi connectivity index (χ0v) is 11.2. The fraction of sp³-hybridized carbons (Fsp3) is 0.364. The quantitative estimate of drug-likeness (QED) is 0.550. The van der Waals surface area contributed by atoms with E-state index in [0.29, 0.717) is 18.7 Å². The van der Waals surface area contributed by atoms with Crippen molar-refractivity contribution in [3.8, 4) is 0 Å². The van der Waals surface area contributed by atoms with Gasteiger partial charge in [-0.1, -0.05) is 12.1 Å². The monoisotopic (exact) mass is 287 g/mol. The van der Waals surface area contributed by atoms with Gasteiger partial charge >= 0.3 is 0 Å². The van der Waals surface area contributed by atoms with Crippen LogP contribution in [0.3, 0.4) is 0 Å². The lowest BCUT2D eigenvalue weighted by molar-refractivity contribution is -0.125. The van der Waals surface area contributed by atoms with Gasteiger partial charge in [0, 0.05) is 13.1 Å². The molecular weight excluding hydrogens is 270 g/mol. The molecule has 1 aromatic rings. The van der Waals surface area contributed by atoms with Crippen LogP contribution in [0.15, 0.2) is 29.2 Å². The first kappa shape index (κ1) is 15.6. The second-order valence-corrected chi connectivity index (χ2v) is 5.37. The van der Waals surface area contributed by atoms with Crippen molar-refractivity contribution in [2.45, 2.75) is 11.4 Å². The van der Waals surface area contributed by atoms with Crippen molar-refractivity contribution in [3.63, 3.8) is 0 Å². The van der Waals surface area contributed by atoms with Crippen LogP contribution in [0.4, 0.5) is 0 Å². The molecule has 1 rings (SSSR count). The number of carbonyl (C=O) groups is 1. The normalized spacial score (nSPS) is 11.3. The molecule has 1 amide bonds. The van der Waals surface area contributed by atoms with E-state index in [2.05, 4.69) is 5.32 Å². The first-order valence-electron chi connectivity index (χ1n) is 5.59. The lowest BCUT2D eigenvalue weighted by Gasteiger charge is -2.07. The molecule has 0 radical (unpaired) electrons. The van der Waals surface area contributed by atoms with Crippen LogP contribution in [0.5, 0.6) is 0 Å². The number of hydrogen-bond acceptors (Lipinski definition) is 5. The van der Waals surface area contributed by atoms with Gasteiger partial charge in [-0.05, 0) is 17.7 Å². The Morgan fingerprint density at radius 3 is 2.74 bits per heavy atom. The van der Waals surface area contributed by atoms with Crippen LogP contribution in [-0.4, -0.2) is 34.1 Å². The van der Waals surface area contributed by atoms with Crippen molar-refractivity contribution in [3.05, 3.63) is 29.8 Å². The minimum Gasteiger partial charge on any atom is -0.370 e. The molecule has 0 atom stereocenters. The highest BCUT2D eigenvalue weighted by molar-refractivity contribution is 7.89. The van der Waals surface area contributed by atoms with Gasteiger partial charge in [-0.25, -0.2) is 13.6 Å². The zero-order valence-electron chi connectivity index (χ0n) is 10.3. The van der Waals surface area contributed by atoms with Gasteiger partial charge < -0.3 is 15.8 Å². The Morgan fingerprint density at radius 2 is 2.11 bits per heavy atom. The van der Waals surface area contributed by atoms with Crippen LogP contribution in [-0.2, 0) is 26.1 Å².